The van der Waals surface area contributed by atoms with E-state index in [1.54, 1.807) is 6.07 Å². The first-order valence-electron chi connectivity index (χ1n) is 9.89. The van der Waals surface area contributed by atoms with Crippen LogP contribution in [0.1, 0.15) is 29.0 Å². The summed E-state index contributed by atoms with van der Waals surface area (Å²) >= 11 is 1.51. The molecule has 2 aromatic heterocycles. The minimum absolute atomic E-state index is 0.0545. The molecule has 7 heteroatoms. The lowest BCUT2D eigenvalue weighted by Gasteiger charge is -2.08. The zero-order valence-corrected chi connectivity index (χ0v) is 17.0. The van der Waals surface area contributed by atoms with Crippen molar-refractivity contribution in [1.82, 2.24) is 15.3 Å². The SMILES string of the molecule is O=C(NC1CC1)c1cccc(NCc2nc3sc(-c4ccccc4)cc3c(=O)[nH]2)c1. The summed E-state index contributed by atoms with van der Waals surface area (Å²) in [7, 11) is 0. The third-order valence-electron chi connectivity index (χ3n) is 5.01. The molecule has 2 heterocycles. The Kier molecular flexibility index (Phi) is 4.80. The Morgan fingerprint density at radius 1 is 1.10 bits per heavy atom. The molecule has 0 aliphatic heterocycles. The van der Waals surface area contributed by atoms with E-state index in [1.807, 2.05) is 54.6 Å². The average Bonchev–Trinajstić information content (AvgIpc) is 3.48. The van der Waals surface area contributed by atoms with Crippen LogP contribution in [-0.2, 0) is 6.54 Å². The molecule has 0 spiro atoms. The molecule has 5 rings (SSSR count). The molecule has 1 saturated carbocycles. The maximum Gasteiger partial charge on any atom is 0.259 e. The summed E-state index contributed by atoms with van der Waals surface area (Å²) in [4.78, 5) is 34.0. The van der Waals surface area contributed by atoms with Crippen LogP contribution in [0.25, 0.3) is 20.7 Å². The maximum absolute atomic E-state index is 12.5. The molecule has 0 radical (unpaired) electrons. The van der Waals surface area contributed by atoms with E-state index in [-0.39, 0.29) is 11.5 Å². The van der Waals surface area contributed by atoms with Gasteiger partial charge in [0.05, 0.1) is 11.9 Å². The van der Waals surface area contributed by atoms with Crippen molar-refractivity contribution >= 4 is 33.1 Å². The number of hydrogen-bond donors (Lipinski definition) is 3. The molecule has 1 aliphatic carbocycles. The first-order chi connectivity index (χ1) is 14.7. The predicted molar refractivity (Wildman–Crippen MR) is 120 cm³/mol. The summed E-state index contributed by atoms with van der Waals surface area (Å²) in [5.74, 6) is 0.503. The van der Waals surface area contributed by atoms with Crippen molar-refractivity contribution in [2.24, 2.45) is 0 Å². The third-order valence-corrected chi connectivity index (χ3v) is 6.09. The molecule has 0 saturated heterocycles. The Bertz CT molecular complexity index is 1280. The fourth-order valence-corrected chi connectivity index (χ4v) is 4.31. The molecule has 4 aromatic rings. The van der Waals surface area contributed by atoms with Gasteiger partial charge in [-0.05, 0) is 42.7 Å². The standard InChI is InChI=1S/C23H20N4O2S/c28-21(25-16-9-10-16)15-7-4-8-17(11-15)24-13-20-26-22(29)18-12-19(30-23(18)27-20)14-5-2-1-3-6-14/h1-8,11-12,16,24H,9-10,13H2,(H,25,28)(H,26,27,29). The van der Waals surface area contributed by atoms with E-state index in [0.717, 1.165) is 29.0 Å². The Morgan fingerprint density at radius 2 is 1.93 bits per heavy atom. The zero-order chi connectivity index (χ0) is 20.5. The van der Waals surface area contributed by atoms with Crippen molar-refractivity contribution in [2.45, 2.75) is 25.4 Å². The molecule has 0 bridgehead atoms. The van der Waals surface area contributed by atoms with Crippen molar-refractivity contribution in [3.8, 4) is 10.4 Å². The second kappa shape index (κ2) is 7.76. The van der Waals surface area contributed by atoms with Gasteiger partial charge in [-0.25, -0.2) is 4.98 Å². The van der Waals surface area contributed by atoms with Gasteiger partial charge >= 0.3 is 0 Å². The van der Waals surface area contributed by atoms with Gasteiger partial charge in [-0.2, -0.15) is 0 Å². The predicted octanol–water partition coefficient (Wildman–Crippen LogP) is 4.16. The van der Waals surface area contributed by atoms with E-state index in [0.29, 0.717) is 34.2 Å². The van der Waals surface area contributed by atoms with Gasteiger partial charge < -0.3 is 15.6 Å². The van der Waals surface area contributed by atoms with Crippen LogP contribution < -0.4 is 16.2 Å². The molecule has 3 N–H and O–H groups in total. The number of carbonyl (C=O) groups is 1. The molecule has 30 heavy (non-hydrogen) atoms. The fourth-order valence-electron chi connectivity index (χ4n) is 3.26. The summed E-state index contributed by atoms with van der Waals surface area (Å²) in [6, 6.07) is 19.5. The molecular formula is C23H20N4O2S. The van der Waals surface area contributed by atoms with Crippen LogP contribution in [0, 0.1) is 0 Å². The number of H-pyrrole nitrogens is 1. The molecular weight excluding hydrogens is 396 g/mol. The minimum atomic E-state index is -0.146. The molecule has 1 aliphatic rings. The van der Waals surface area contributed by atoms with Crippen LogP contribution >= 0.6 is 11.3 Å². The largest absolute Gasteiger partial charge is 0.378 e. The molecule has 150 valence electrons. The van der Waals surface area contributed by atoms with E-state index in [1.165, 1.54) is 11.3 Å². The van der Waals surface area contributed by atoms with Crippen molar-refractivity contribution in [3.63, 3.8) is 0 Å². The zero-order valence-electron chi connectivity index (χ0n) is 16.1. The molecule has 2 aromatic carbocycles. The lowest BCUT2D eigenvalue weighted by molar-refractivity contribution is 0.0951. The van der Waals surface area contributed by atoms with Crippen LogP contribution in [0.4, 0.5) is 5.69 Å². The normalized spacial score (nSPS) is 13.3. The summed E-state index contributed by atoms with van der Waals surface area (Å²) in [5, 5.41) is 6.84. The highest BCUT2D eigenvalue weighted by atomic mass is 32.1. The summed E-state index contributed by atoms with van der Waals surface area (Å²) in [6.45, 7) is 0.359. The second-order valence-corrected chi connectivity index (χ2v) is 8.42. The van der Waals surface area contributed by atoms with Gasteiger partial charge in [0.1, 0.15) is 10.7 Å². The molecule has 0 unspecified atom stereocenters. The summed E-state index contributed by atoms with van der Waals surface area (Å²) in [6.07, 6.45) is 2.11. The smallest absolute Gasteiger partial charge is 0.259 e. The number of nitrogens with zero attached hydrogens (tertiary/aromatic N) is 1. The molecule has 1 amide bonds. The van der Waals surface area contributed by atoms with Crippen LogP contribution in [0.5, 0.6) is 0 Å². The Balaban J connectivity index is 1.34. The van der Waals surface area contributed by atoms with Gasteiger partial charge in [0.15, 0.2) is 0 Å². The van der Waals surface area contributed by atoms with E-state index in [9.17, 15) is 9.59 Å². The molecule has 6 nitrogen and oxygen atoms in total. The number of rotatable bonds is 6. The number of carbonyl (C=O) groups excluding carboxylic acids is 1. The van der Waals surface area contributed by atoms with Gasteiger partial charge in [-0.15, -0.1) is 11.3 Å². The minimum Gasteiger partial charge on any atom is -0.378 e. The van der Waals surface area contributed by atoms with Gasteiger partial charge in [0.25, 0.3) is 11.5 Å². The third kappa shape index (κ3) is 3.97. The number of amides is 1. The second-order valence-electron chi connectivity index (χ2n) is 7.39. The van der Waals surface area contributed by atoms with Crippen molar-refractivity contribution in [1.29, 1.82) is 0 Å². The number of nitrogens with one attached hydrogen (secondary N) is 3. The number of hydrogen-bond acceptors (Lipinski definition) is 5. The highest BCUT2D eigenvalue weighted by molar-refractivity contribution is 7.21. The number of fused-ring (bicyclic) bond motifs is 1. The van der Waals surface area contributed by atoms with E-state index < -0.39 is 0 Å². The average molecular weight is 417 g/mol. The highest BCUT2D eigenvalue weighted by Crippen LogP contribution is 2.30. The van der Waals surface area contributed by atoms with Crippen LogP contribution in [0.15, 0.2) is 65.5 Å². The maximum atomic E-state index is 12.5. The van der Waals surface area contributed by atoms with Crippen LogP contribution in [0.2, 0.25) is 0 Å². The van der Waals surface area contributed by atoms with Crippen molar-refractivity contribution in [3.05, 3.63) is 82.4 Å². The van der Waals surface area contributed by atoms with E-state index in [2.05, 4.69) is 20.6 Å². The number of benzene rings is 2. The van der Waals surface area contributed by atoms with Crippen molar-refractivity contribution in [2.75, 3.05) is 5.32 Å². The Hall–Kier alpha value is -3.45. The first kappa shape index (κ1) is 18.6. The van der Waals surface area contributed by atoms with Gasteiger partial charge in [0.2, 0.25) is 0 Å². The molecule has 0 atom stereocenters. The Labute approximate surface area is 177 Å². The number of anilines is 1. The van der Waals surface area contributed by atoms with Crippen LogP contribution in [0.3, 0.4) is 0 Å². The Morgan fingerprint density at radius 3 is 2.73 bits per heavy atom. The van der Waals surface area contributed by atoms with Gasteiger partial charge in [-0.1, -0.05) is 36.4 Å². The van der Waals surface area contributed by atoms with Gasteiger partial charge in [-0.3, -0.25) is 9.59 Å². The lowest BCUT2D eigenvalue weighted by atomic mass is 10.2. The van der Waals surface area contributed by atoms with Crippen molar-refractivity contribution < 1.29 is 4.79 Å². The van der Waals surface area contributed by atoms with E-state index >= 15 is 0 Å². The van der Waals surface area contributed by atoms with Crippen LogP contribution in [-0.4, -0.2) is 21.9 Å². The lowest BCUT2D eigenvalue weighted by Crippen LogP contribution is -2.25. The quantitative estimate of drug-likeness (QED) is 0.441. The van der Waals surface area contributed by atoms with E-state index in [4.69, 9.17) is 0 Å². The summed E-state index contributed by atoms with van der Waals surface area (Å²) in [5.41, 5.74) is 2.35. The first-order valence-corrected chi connectivity index (χ1v) is 10.7. The molecule has 1 fully saturated rings. The highest BCUT2D eigenvalue weighted by Gasteiger charge is 2.23. The number of aromatic amines is 1. The summed E-state index contributed by atoms with van der Waals surface area (Å²) < 4.78 is 0. The number of thiophene rings is 1. The fraction of sp³-hybridized carbons (Fsp3) is 0.174. The topological polar surface area (TPSA) is 86.9 Å². The monoisotopic (exact) mass is 416 g/mol. The van der Waals surface area contributed by atoms with Gasteiger partial charge in [0, 0.05) is 22.2 Å². The number of aromatic nitrogens is 2.